The first-order chi connectivity index (χ1) is 4.18. The Labute approximate surface area is 64.7 Å². The van der Waals surface area contributed by atoms with Gasteiger partial charge < -0.3 is 10.7 Å². The van der Waals surface area contributed by atoms with Gasteiger partial charge in [-0.2, -0.15) is 0 Å². The summed E-state index contributed by atoms with van der Waals surface area (Å²) in [4.78, 5) is 13.2. The molecule has 3 nitrogen and oxygen atoms in total. The minimum Gasteiger partial charge on any atom is -0.399 e. The monoisotopic (exact) mass is 160 g/mol. The molecule has 0 aliphatic heterocycles. The first-order valence-electron chi connectivity index (χ1n) is 2.65. The number of rotatable bonds is 0. The lowest BCUT2D eigenvalue weighted by atomic mass is 10.3. The predicted octanol–water partition coefficient (Wildman–Crippen LogP) is 0.687. The minimum atomic E-state index is -0.146. The maximum Gasteiger partial charge on any atom is 0.250 e. The van der Waals surface area contributed by atoms with Gasteiger partial charge in [0.1, 0.15) is 0 Å². The number of aromatic amines is 1. The van der Waals surface area contributed by atoms with Crippen molar-refractivity contribution in [2.24, 2.45) is 0 Å². The number of pyridine rings is 1. The van der Waals surface area contributed by atoms with Gasteiger partial charge in [-0.3, -0.25) is 4.79 Å². The number of hydrogen-bond acceptors (Lipinski definition) is 2. The Hall–Kier alpha value is -0.960. The molecule has 56 valence electrons. The van der Waals surface area contributed by atoms with Crippen LogP contribution in [0.1, 0.15) is 5.69 Å². The number of halogens is 1. The van der Waals surface area contributed by atoms with Gasteiger partial charge in [-0.1, -0.05) is 0 Å². The van der Waals surface area contributed by atoms with Gasteiger partial charge in [0.25, 0.3) is 0 Å². The van der Waals surface area contributed by atoms with Crippen LogP contribution in [-0.4, -0.2) is 4.98 Å². The quantitative estimate of drug-likeness (QED) is 0.587. The average molecular weight is 161 g/mol. The van der Waals surface area contributed by atoms with Gasteiger partial charge in [0.15, 0.2) is 0 Å². The number of nitrogens with two attached hydrogens (primary N) is 1. The lowest BCUT2D eigenvalue weighted by molar-refractivity contribution is 1.15. The van der Waals surface area contributed by atoms with E-state index >= 15 is 0 Å². The molecule has 0 saturated carbocycles. The van der Waals surface area contributed by atoms with Crippen LogP contribution in [0.3, 0.4) is 0 Å². The maximum absolute atomic E-state index is 10.6. The van der Waals surface area contributed by atoms with Crippen molar-refractivity contribution in [3.8, 4) is 0 Å². The number of nitrogens with one attached hydrogen (secondary N) is 1. The molecule has 1 aromatic rings. The number of aryl methyl sites for hydroxylation is 1. The molecule has 1 aromatic heterocycles. The second kappa shape index (κ2) is 3.27. The fraction of sp³-hybridized carbons (Fsp3) is 0.167. The van der Waals surface area contributed by atoms with Gasteiger partial charge in [-0.25, -0.2) is 0 Å². The smallest absolute Gasteiger partial charge is 0.250 e. The summed E-state index contributed by atoms with van der Waals surface area (Å²) in [6.07, 6.45) is 0. The zero-order chi connectivity index (χ0) is 6.85. The van der Waals surface area contributed by atoms with Crippen LogP contribution in [0.15, 0.2) is 16.9 Å². The van der Waals surface area contributed by atoms with E-state index in [0.29, 0.717) is 5.69 Å². The van der Waals surface area contributed by atoms with E-state index in [9.17, 15) is 4.79 Å². The fourth-order valence-electron chi connectivity index (χ4n) is 0.710. The van der Waals surface area contributed by atoms with Crippen LogP contribution in [0.4, 0.5) is 5.69 Å². The van der Waals surface area contributed by atoms with Gasteiger partial charge in [0, 0.05) is 17.4 Å². The molecule has 3 N–H and O–H groups in total. The van der Waals surface area contributed by atoms with Crippen LogP contribution in [0.5, 0.6) is 0 Å². The molecule has 10 heavy (non-hydrogen) atoms. The normalized spacial score (nSPS) is 8.50. The number of aromatic nitrogens is 1. The second-order valence-electron chi connectivity index (χ2n) is 1.96. The van der Waals surface area contributed by atoms with Crippen LogP contribution < -0.4 is 11.3 Å². The van der Waals surface area contributed by atoms with Crippen LogP contribution in [0.2, 0.25) is 0 Å². The van der Waals surface area contributed by atoms with Crippen molar-refractivity contribution < 1.29 is 0 Å². The SMILES string of the molecule is Cc1cc(N)cc(=O)[nH]1.Cl. The zero-order valence-corrected chi connectivity index (χ0v) is 6.37. The first-order valence-corrected chi connectivity index (χ1v) is 2.65. The van der Waals surface area contributed by atoms with Crippen molar-refractivity contribution in [1.29, 1.82) is 0 Å². The molecule has 0 amide bonds. The highest BCUT2D eigenvalue weighted by Gasteiger charge is 1.87. The highest BCUT2D eigenvalue weighted by Crippen LogP contribution is 1.95. The molecule has 4 heteroatoms. The molecule has 0 unspecified atom stereocenters. The third-order valence-electron chi connectivity index (χ3n) is 1.00. The molecule has 0 aliphatic carbocycles. The molecule has 0 saturated heterocycles. The Balaban J connectivity index is 0.000000810. The molecule has 0 atom stereocenters. The lowest BCUT2D eigenvalue weighted by Gasteiger charge is -1.91. The van der Waals surface area contributed by atoms with Crippen molar-refractivity contribution in [2.75, 3.05) is 5.73 Å². The van der Waals surface area contributed by atoms with E-state index in [1.807, 2.05) is 0 Å². The van der Waals surface area contributed by atoms with Gasteiger partial charge >= 0.3 is 0 Å². The Morgan fingerprint density at radius 1 is 1.50 bits per heavy atom. The largest absolute Gasteiger partial charge is 0.399 e. The molecule has 0 aromatic carbocycles. The molecule has 1 rings (SSSR count). The number of nitrogen functional groups attached to an aromatic ring is 1. The van der Waals surface area contributed by atoms with Crippen LogP contribution >= 0.6 is 12.4 Å². The van der Waals surface area contributed by atoms with Crippen LogP contribution in [-0.2, 0) is 0 Å². The summed E-state index contributed by atoms with van der Waals surface area (Å²) in [5, 5.41) is 0. The summed E-state index contributed by atoms with van der Waals surface area (Å²) < 4.78 is 0. The molecule has 0 spiro atoms. The molecule has 0 fully saturated rings. The van der Waals surface area contributed by atoms with Crippen LogP contribution in [0.25, 0.3) is 0 Å². The summed E-state index contributed by atoms with van der Waals surface area (Å²) in [5.74, 6) is 0. The van der Waals surface area contributed by atoms with Gasteiger partial charge in [0.05, 0.1) is 0 Å². The Kier molecular flexibility index (Phi) is 2.96. The van der Waals surface area contributed by atoms with Crippen molar-refractivity contribution in [2.45, 2.75) is 6.92 Å². The zero-order valence-electron chi connectivity index (χ0n) is 5.55. The maximum atomic E-state index is 10.6. The summed E-state index contributed by atoms with van der Waals surface area (Å²) in [5.41, 5.74) is 6.50. The second-order valence-corrected chi connectivity index (χ2v) is 1.96. The van der Waals surface area contributed by atoms with Crippen molar-refractivity contribution in [1.82, 2.24) is 4.98 Å². The highest BCUT2D eigenvalue weighted by atomic mass is 35.5. The topological polar surface area (TPSA) is 58.9 Å². The number of hydrogen-bond donors (Lipinski definition) is 2. The van der Waals surface area contributed by atoms with Crippen molar-refractivity contribution in [3.63, 3.8) is 0 Å². The Morgan fingerprint density at radius 3 is 2.50 bits per heavy atom. The van der Waals surface area contributed by atoms with E-state index in [0.717, 1.165) is 5.69 Å². The van der Waals surface area contributed by atoms with Crippen molar-refractivity contribution >= 4 is 18.1 Å². The third-order valence-corrected chi connectivity index (χ3v) is 1.00. The molecule has 0 bridgehead atoms. The lowest BCUT2D eigenvalue weighted by Crippen LogP contribution is -2.06. The average Bonchev–Trinajstić information content (AvgIpc) is 1.59. The van der Waals surface area contributed by atoms with E-state index in [1.54, 1.807) is 13.0 Å². The summed E-state index contributed by atoms with van der Waals surface area (Å²) >= 11 is 0. The summed E-state index contributed by atoms with van der Waals surface area (Å²) in [6.45, 7) is 1.79. The van der Waals surface area contributed by atoms with E-state index in [-0.39, 0.29) is 18.0 Å². The highest BCUT2D eigenvalue weighted by molar-refractivity contribution is 5.85. The minimum absolute atomic E-state index is 0. The Morgan fingerprint density at radius 2 is 2.10 bits per heavy atom. The molecule has 0 aliphatic rings. The van der Waals surface area contributed by atoms with Crippen LogP contribution in [0, 0.1) is 6.92 Å². The molecule has 0 radical (unpaired) electrons. The van der Waals surface area contributed by atoms with E-state index in [2.05, 4.69) is 4.98 Å². The van der Waals surface area contributed by atoms with Gasteiger partial charge in [0.2, 0.25) is 5.56 Å². The Bertz CT molecular complexity index is 245. The van der Waals surface area contributed by atoms with Gasteiger partial charge in [-0.05, 0) is 13.0 Å². The van der Waals surface area contributed by atoms with Gasteiger partial charge in [-0.15, -0.1) is 12.4 Å². The summed E-state index contributed by atoms with van der Waals surface area (Å²) in [6, 6.07) is 3.06. The molecular formula is C6H9ClN2O. The summed E-state index contributed by atoms with van der Waals surface area (Å²) in [7, 11) is 0. The molecule has 1 heterocycles. The first kappa shape index (κ1) is 9.04. The standard InChI is InChI=1S/C6H8N2O.ClH/c1-4-2-5(7)3-6(9)8-4;/h2-3H,1H3,(H3,7,8,9);1H. The van der Waals surface area contributed by atoms with Crippen molar-refractivity contribution in [3.05, 3.63) is 28.2 Å². The number of H-pyrrole nitrogens is 1. The third kappa shape index (κ3) is 2.11. The fourth-order valence-corrected chi connectivity index (χ4v) is 0.710. The van der Waals surface area contributed by atoms with E-state index in [1.165, 1.54) is 6.07 Å². The van der Waals surface area contributed by atoms with E-state index < -0.39 is 0 Å². The predicted molar refractivity (Wildman–Crippen MR) is 43.5 cm³/mol. The molecular weight excluding hydrogens is 152 g/mol. The van der Waals surface area contributed by atoms with E-state index in [4.69, 9.17) is 5.73 Å². The number of anilines is 1.